The maximum atomic E-state index is 11.5. The highest BCUT2D eigenvalue weighted by atomic mass is 16.1. The molecule has 2 rings (SSSR count). The van der Waals surface area contributed by atoms with Crippen molar-refractivity contribution in [1.82, 2.24) is 15.0 Å². The Morgan fingerprint density at radius 2 is 2.06 bits per heavy atom. The summed E-state index contributed by atoms with van der Waals surface area (Å²) in [5, 5.41) is 0. The maximum Gasteiger partial charge on any atom is 0.251 e. The van der Waals surface area contributed by atoms with Crippen LogP contribution in [0.15, 0.2) is 29.2 Å². The molecule has 2 N–H and O–H groups in total. The second-order valence-corrected chi connectivity index (χ2v) is 4.81. The van der Waals surface area contributed by atoms with Crippen LogP contribution in [-0.4, -0.2) is 15.0 Å². The van der Waals surface area contributed by atoms with Crippen molar-refractivity contribution >= 4 is 0 Å². The van der Waals surface area contributed by atoms with Gasteiger partial charge in [0.25, 0.3) is 5.56 Å². The lowest BCUT2D eigenvalue weighted by molar-refractivity contribution is 0.543. The fourth-order valence-electron chi connectivity index (χ4n) is 1.44. The van der Waals surface area contributed by atoms with Gasteiger partial charge < -0.3 is 9.97 Å². The summed E-state index contributed by atoms with van der Waals surface area (Å²) in [6.07, 6.45) is 1.81. The lowest BCUT2D eigenvalue weighted by Gasteiger charge is -2.17. The first kappa shape index (κ1) is 10.7. The summed E-state index contributed by atoms with van der Waals surface area (Å²) in [4.78, 5) is 21.8. The van der Waals surface area contributed by atoms with Crippen LogP contribution in [0.1, 0.15) is 26.6 Å². The Kier molecular flexibility index (Phi) is 2.42. The molecule has 0 radical (unpaired) electrons. The SMILES string of the molecule is CC(C)(C)c1nc(-c2ccc[nH]2)cc(=O)[nH]1. The molecule has 84 valence electrons. The molecule has 16 heavy (non-hydrogen) atoms. The van der Waals surface area contributed by atoms with Crippen molar-refractivity contribution in [3.63, 3.8) is 0 Å². The third-order valence-corrected chi connectivity index (χ3v) is 2.33. The molecule has 0 atom stereocenters. The van der Waals surface area contributed by atoms with Crippen molar-refractivity contribution in [1.29, 1.82) is 0 Å². The second-order valence-electron chi connectivity index (χ2n) is 4.81. The number of nitrogens with zero attached hydrogens (tertiary/aromatic N) is 1. The van der Waals surface area contributed by atoms with E-state index >= 15 is 0 Å². The van der Waals surface area contributed by atoms with E-state index in [9.17, 15) is 4.79 Å². The molecule has 0 aliphatic heterocycles. The molecule has 4 heteroatoms. The molecule has 2 aromatic heterocycles. The van der Waals surface area contributed by atoms with E-state index in [1.165, 1.54) is 6.07 Å². The molecule has 0 saturated carbocycles. The normalized spacial score (nSPS) is 11.7. The van der Waals surface area contributed by atoms with Crippen LogP contribution in [0.2, 0.25) is 0 Å². The number of aromatic nitrogens is 3. The van der Waals surface area contributed by atoms with E-state index in [1.54, 1.807) is 0 Å². The first-order chi connectivity index (χ1) is 7.47. The highest BCUT2D eigenvalue weighted by Crippen LogP contribution is 2.19. The molecule has 2 aromatic rings. The molecule has 0 aromatic carbocycles. The third kappa shape index (κ3) is 2.05. The lowest BCUT2D eigenvalue weighted by atomic mass is 9.95. The van der Waals surface area contributed by atoms with Gasteiger partial charge in [-0.2, -0.15) is 0 Å². The molecule has 0 spiro atoms. The van der Waals surface area contributed by atoms with Gasteiger partial charge in [-0.25, -0.2) is 4.98 Å². The zero-order valence-electron chi connectivity index (χ0n) is 9.66. The van der Waals surface area contributed by atoms with Crippen LogP contribution in [0.5, 0.6) is 0 Å². The first-order valence-electron chi connectivity index (χ1n) is 5.22. The largest absolute Gasteiger partial charge is 0.360 e. The predicted molar refractivity (Wildman–Crippen MR) is 63.3 cm³/mol. The molecular weight excluding hydrogens is 202 g/mol. The highest BCUT2D eigenvalue weighted by molar-refractivity contribution is 5.53. The Morgan fingerprint density at radius 1 is 1.31 bits per heavy atom. The van der Waals surface area contributed by atoms with Gasteiger partial charge in [0.1, 0.15) is 5.82 Å². The monoisotopic (exact) mass is 217 g/mol. The number of H-pyrrole nitrogens is 2. The van der Waals surface area contributed by atoms with Crippen molar-refractivity contribution < 1.29 is 0 Å². The van der Waals surface area contributed by atoms with Gasteiger partial charge >= 0.3 is 0 Å². The van der Waals surface area contributed by atoms with Crippen LogP contribution >= 0.6 is 0 Å². The van der Waals surface area contributed by atoms with Crippen LogP contribution in [0.3, 0.4) is 0 Å². The minimum Gasteiger partial charge on any atom is -0.360 e. The van der Waals surface area contributed by atoms with E-state index in [4.69, 9.17) is 0 Å². The van der Waals surface area contributed by atoms with Gasteiger partial charge in [-0.3, -0.25) is 4.79 Å². The summed E-state index contributed by atoms with van der Waals surface area (Å²) in [5.74, 6) is 0.699. The summed E-state index contributed by atoms with van der Waals surface area (Å²) in [6, 6.07) is 5.28. The van der Waals surface area contributed by atoms with E-state index in [-0.39, 0.29) is 11.0 Å². The van der Waals surface area contributed by atoms with E-state index in [0.29, 0.717) is 11.5 Å². The zero-order chi connectivity index (χ0) is 11.8. The van der Waals surface area contributed by atoms with Crippen molar-refractivity contribution in [3.05, 3.63) is 40.6 Å². The molecule has 0 bridgehead atoms. The summed E-state index contributed by atoms with van der Waals surface area (Å²) in [7, 11) is 0. The van der Waals surface area contributed by atoms with Gasteiger partial charge in [0.2, 0.25) is 0 Å². The fourth-order valence-corrected chi connectivity index (χ4v) is 1.44. The summed E-state index contributed by atoms with van der Waals surface area (Å²) < 4.78 is 0. The molecule has 2 heterocycles. The third-order valence-electron chi connectivity index (χ3n) is 2.33. The Hall–Kier alpha value is -1.84. The van der Waals surface area contributed by atoms with E-state index in [1.807, 2.05) is 39.1 Å². The molecule has 0 amide bonds. The average molecular weight is 217 g/mol. The molecule has 4 nitrogen and oxygen atoms in total. The minimum absolute atomic E-state index is 0.121. The van der Waals surface area contributed by atoms with Crippen LogP contribution in [0.25, 0.3) is 11.4 Å². The minimum atomic E-state index is -0.165. The fraction of sp³-hybridized carbons (Fsp3) is 0.333. The molecule has 0 saturated heterocycles. The van der Waals surface area contributed by atoms with Crippen LogP contribution < -0.4 is 5.56 Å². The van der Waals surface area contributed by atoms with Gasteiger partial charge in [-0.15, -0.1) is 0 Å². The number of hydrogen-bond acceptors (Lipinski definition) is 2. The Morgan fingerprint density at radius 3 is 2.62 bits per heavy atom. The molecule has 0 aliphatic rings. The number of rotatable bonds is 1. The van der Waals surface area contributed by atoms with E-state index in [2.05, 4.69) is 15.0 Å². The zero-order valence-corrected chi connectivity index (χ0v) is 9.66. The Balaban J connectivity index is 2.57. The summed E-state index contributed by atoms with van der Waals surface area (Å²) >= 11 is 0. The van der Waals surface area contributed by atoms with Gasteiger partial charge in [0.15, 0.2) is 0 Å². The Labute approximate surface area is 93.8 Å². The maximum absolute atomic E-state index is 11.5. The number of aromatic amines is 2. The standard InChI is InChI=1S/C12H15N3O/c1-12(2,3)11-14-9(7-10(16)15-11)8-5-4-6-13-8/h4-7,13H,1-3H3,(H,14,15,16). The van der Waals surface area contributed by atoms with Gasteiger partial charge in [0.05, 0.1) is 11.4 Å². The topological polar surface area (TPSA) is 61.5 Å². The summed E-state index contributed by atoms with van der Waals surface area (Å²) in [6.45, 7) is 6.05. The van der Waals surface area contributed by atoms with E-state index < -0.39 is 0 Å². The molecule has 0 fully saturated rings. The lowest BCUT2D eigenvalue weighted by Crippen LogP contribution is -2.21. The van der Waals surface area contributed by atoms with Crippen LogP contribution in [-0.2, 0) is 5.41 Å². The highest BCUT2D eigenvalue weighted by Gasteiger charge is 2.17. The van der Waals surface area contributed by atoms with Crippen molar-refractivity contribution in [3.8, 4) is 11.4 Å². The van der Waals surface area contributed by atoms with Crippen LogP contribution in [0.4, 0.5) is 0 Å². The van der Waals surface area contributed by atoms with Gasteiger partial charge in [-0.1, -0.05) is 20.8 Å². The summed E-state index contributed by atoms with van der Waals surface area (Å²) in [5.41, 5.74) is 1.25. The van der Waals surface area contributed by atoms with Crippen molar-refractivity contribution in [2.24, 2.45) is 0 Å². The second kappa shape index (κ2) is 3.63. The molecular formula is C12H15N3O. The molecule has 0 unspecified atom stereocenters. The van der Waals surface area contributed by atoms with Crippen molar-refractivity contribution in [2.75, 3.05) is 0 Å². The van der Waals surface area contributed by atoms with Crippen molar-refractivity contribution in [2.45, 2.75) is 26.2 Å². The van der Waals surface area contributed by atoms with Crippen LogP contribution in [0, 0.1) is 0 Å². The molecule has 0 aliphatic carbocycles. The predicted octanol–water partition coefficient (Wildman–Crippen LogP) is 2.06. The van der Waals surface area contributed by atoms with Gasteiger partial charge in [0, 0.05) is 17.7 Å². The van der Waals surface area contributed by atoms with E-state index in [0.717, 1.165) is 5.69 Å². The number of hydrogen-bond donors (Lipinski definition) is 2. The quantitative estimate of drug-likeness (QED) is 0.768. The Bertz CT molecular complexity index is 532. The first-order valence-corrected chi connectivity index (χ1v) is 5.22. The number of nitrogens with one attached hydrogen (secondary N) is 2. The van der Waals surface area contributed by atoms with Gasteiger partial charge in [-0.05, 0) is 12.1 Å². The average Bonchev–Trinajstić information content (AvgIpc) is 2.68. The smallest absolute Gasteiger partial charge is 0.251 e.